The van der Waals surface area contributed by atoms with Gasteiger partial charge in [0.1, 0.15) is 5.76 Å². The van der Waals surface area contributed by atoms with Gasteiger partial charge >= 0.3 is 0 Å². The molecule has 0 saturated heterocycles. The van der Waals surface area contributed by atoms with Gasteiger partial charge in [0.2, 0.25) is 0 Å². The third-order valence-corrected chi connectivity index (χ3v) is 7.05. The Morgan fingerprint density at radius 3 is 2.14 bits per heavy atom. The van der Waals surface area contributed by atoms with E-state index in [2.05, 4.69) is 32.9 Å². The molecule has 3 heteroatoms. The van der Waals surface area contributed by atoms with E-state index in [9.17, 15) is 9.90 Å². The summed E-state index contributed by atoms with van der Waals surface area (Å²) in [5.41, 5.74) is 5.40. The Kier molecular flexibility index (Phi) is 5.11. The Bertz CT molecular complexity index is 990. The second-order valence-electron chi connectivity index (χ2n) is 9.45. The van der Waals surface area contributed by atoms with E-state index in [0.717, 1.165) is 40.7 Å². The van der Waals surface area contributed by atoms with E-state index in [1.165, 1.54) is 6.42 Å². The van der Waals surface area contributed by atoms with E-state index in [1.807, 2.05) is 31.2 Å². The third-order valence-electron chi connectivity index (χ3n) is 6.80. The lowest BCUT2D eigenvalue weighted by Crippen LogP contribution is -2.32. The van der Waals surface area contributed by atoms with E-state index in [0.29, 0.717) is 34.6 Å². The smallest absolute Gasteiger partial charge is 0.167 e. The van der Waals surface area contributed by atoms with Gasteiger partial charge in [0.25, 0.3) is 0 Å². The molecule has 1 N–H and O–H groups in total. The van der Waals surface area contributed by atoms with Gasteiger partial charge in [0.15, 0.2) is 5.78 Å². The van der Waals surface area contributed by atoms with Gasteiger partial charge < -0.3 is 5.11 Å². The Hall–Kier alpha value is -2.06. The minimum absolute atomic E-state index is 0.0885. The van der Waals surface area contributed by atoms with Crippen molar-refractivity contribution in [2.45, 2.75) is 53.4 Å². The van der Waals surface area contributed by atoms with Gasteiger partial charge in [-0.2, -0.15) is 0 Å². The van der Waals surface area contributed by atoms with Crippen molar-refractivity contribution in [1.82, 2.24) is 0 Å². The number of ketones is 1. The third kappa shape index (κ3) is 3.53. The molecule has 152 valence electrons. The second kappa shape index (κ2) is 7.32. The van der Waals surface area contributed by atoms with Crippen molar-refractivity contribution < 1.29 is 9.90 Å². The van der Waals surface area contributed by atoms with Crippen LogP contribution in [-0.2, 0) is 4.79 Å². The van der Waals surface area contributed by atoms with Gasteiger partial charge in [0, 0.05) is 16.9 Å². The van der Waals surface area contributed by atoms with E-state index < -0.39 is 0 Å². The number of rotatable bonds is 2. The summed E-state index contributed by atoms with van der Waals surface area (Å²) in [5.74, 6) is 1.49. The maximum Gasteiger partial charge on any atom is 0.167 e. The molecule has 2 atom stereocenters. The monoisotopic (exact) mass is 408 g/mol. The first-order valence-corrected chi connectivity index (χ1v) is 10.9. The minimum atomic E-state index is -0.362. The van der Waals surface area contributed by atoms with Crippen LogP contribution in [0.4, 0.5) is 0 Å². The molecule has 2 nitrogen and oxygen atoms in total. The zero-order chi connectivity index (χ0) is 20.9. The Morgan fingerprint density at radius 2 is 1.52 bits per heavy atom. The number of hydrogen-bond acceptors (Lipinski definition) is 2. The van der Waals surface area contributed by atoms with Gasteiger partial charge in [-0.05, 0) is 84.9 Å². The molecular formula is C26H29ClO2. The lowest BCUT2D eigenvalue weighted by molar-refractivity contribution is -0.115. The Balaban J connectivity index is 1.79. The topological polar surface area (TPSA) is 37.3 Å². The normalized spacial score (nSPS) is 27.1. The van der Waals surface area contributed by atoms with E-state index >= 15 is 0 Å². The molecule has 0 radical (unpaired) electrons. The fourth-order valence-corrected chi connectivity index (χ4v) is 5.92. The fourth-order valence-electron chi connectivity index (χ4n) is 5.79. The van der Waals surface area contributed by atoms with Crippen LogP contribution in [0.1, 0.15) is 56.2 Å². The van der Waals surface area contributed by atoms with Crippen LogP contribution in [0.2, 0.25) is 5.02 Å². The van der Waals surface area contributed by atoms with E-state index in [1.54, 1.807) is 0 Å². The molecule has 0 amide bonds. The number of aryl methyl sites for hydroxylation is 2. The summed E-state index contributed by atoms with van der Waals surface area (Å²) in [5, 5.41) is 12.0. The summed E-state index contributed by atoms with van der Waals surface area (Å²) >= 11 is 6.03. The number of halogens is 1. The van der Waals surface area contributed by atoms with Crippen molar-refractivity contribution >= 4 is 23.0 Å². The van der Waals surface area contributed by atoms with Crippen molar-refractivity contribution in [3.63, 3.8) is 0 Å². The lowest BCUT2D eigenvalue weighted by Gasteiger charge is -2.39. The molecule has 1 spiro atoms. The number of carbonyl (C=O) groups excluding carboxylic acids is 1. The van der Waals surface area contributed by atoms with Crippen molar-refractivity contribution in [3.8, 4) is 11.1 Å². The minimum Gasteiger partial charge on any atom is -0.511 e. The molecule has 0 aromatic heterocycles. The first-order chi connectivity index (χ1) is 13.7. The highest BCUT2D eigenvalue weighted by Gasteiger charge is 2.49. The molecule has 4 rings (SSSR count). The van der Waals surface area contributed by atoms with Gasteiger partial charge in [-0.3, -0.25) is 4.79 Å². The summed E-state index contributed by atoms with van der Waals surface area (Å²) in [6.45, 7) is 8.57. The first-order valence-electron chi connectivity index (χ1n) is 10.5. The molecule has 2 aliphatic rings. The van der Waals surface area contributed by atoms with Crippen LogP contribution >= 0.6 is 11.6 Å². The SMILES string of the molecule is Cc1cc(-c2ccc(Cl)cc2)c(C)cc1C1=C(O)C2(CC1=O)CC(C)CC(C)C2. The highest BCUT2D eigenvalue weighted by molar-refractivity contribution is 6.30. The zero-order valence-electron chi connectivity index (χ0n) is 17.7. The molecular weight excluding hydrogens is 380 g/mol. The van der Waals surface area contributed by atoms with Gasteiger partial charge in [0.05, 0.1) is 5.57 Å². The summed E-state index contributed by atoms with van der Waals surface area (Å²) in [6.07, 6.45) is 3.42. The van der Waals surface area contributed by atoms with Crippen LogP contribution in [0, 0.1) is 31.1 Å². The number of aliphatic hydroxyl groups is 1. The van der Waals surface area contributed by atoms with Gasteiger partial charge in [-0.25, -0.2) is 0 Å². The number of benzene rings is 2. The maximum absolute atomic E-state index is 13.1. The molecule has 2 aromatic rings. The summed E-state index contributed by atoms with van der Waals surface area (Å²) in [6, 6.07) is 12.0. The Labute approximate surface area is 178 Å². The predicted molar refractivity (Wildman–Crippen MR) is 120 cm³/mol. The Morgan fingerprint density at radius 1 is 0.966 bits per heavy atom. The molecule has 1 saturated carbocycles. The quantitative estimate of drug-likeness (QED) is 0.565. The van der Waals surface area contributed by atoms with Crippen LogP contribution in [0.5, 0.6) is 0 Å². The molecule has 2 aliphatic carbocycles. The number of hydrogen-bond donors (Lipinski definition) is 1. The highest BCUT2D eigenvalue weighted by Crippen LogP contribution is 2.55. The average molecular weight is 409 g/mol. The second-order valence-corrected chi connectivity index (χ2v) is 9.88. The van der Waals surface area contributed by atoms with E-state index in [4.69, 9.17) is 11.6 Å². The number of Topliss-reactive ketones (excluding diaryl/α,β-unsaturated/α-hetero) is 1. The molecule has 1 fully saturated rings. The number of carbonyl (C=O) groups is 1. The first kappa shape index (κ1) is 20.2. The molecule has 0 heterocycles. The number of allylic oxidation sites excluding steroid dienone is 2. The van der Waals surface area contributed by atoms with Crippen LogP contribution in [0.3, 0.4) is 0 Å². The van der Waals surface area contributed by atoms with Crippen molar-refractivity contribution in [3.05, 3.63) is 63.9 Å². The van der Waals surface area contributed by atoms with Crippen molar-refractivity contribution in [2.24, 2.45) is 17.3 Å². The molecule has 2 unspecified atom stereocenters. The van der Waals surface area contributed by atoms with Crippen LogP contribution in [0.25, 0.3) is 16.7 Å². The standard InChI is InChI=1S/C26H29ClO2/c1-15-9-16(2)13-26(12-15)14-23(28)24(25(26)29)22-11-17(3)21(10-18(22)4)19-5-7-20(27)8-6-19/h5-8,10-11,15-16,29H,9,12-14H2,1-4H3. The largest absolute Gasteiger partial charge is 0.511 e. The summed E-state index contributed by atoms with van der Waals surface area (Å²) < 4.78 is 0. The van der Waals surface area contributed by atoms with Crippen LogP contribution < -0.4 is 0 Å². The number of aliphatic hydroxyl groups excluding tert-OH is 1. The highest BCUT2D eigenvalue weighted by atomic mass is 35.5. The van der Waals surface area contributed by atoms with Crippen molar-refractivity contribution in [1.29, 1.82) is 0 Å². The lowest BCUT2D eigenvalue weighted by atomic mass is 9.65. The zero-order valence-corrected chi connectivity index (χ0v) is 18.4. The fraction of sp³-hybridized carbons (Fsp3) is 0.423. The predicted octanol–water partition coefficient (Wildman–Crippen LogP) is 7.31. The molecule has 2 aromatic carbocycles. The molecule has 29 heavy (non-hydrogen) atoms. The summed E-state index contributed by atoms with van der Waals surface area (Å²) in [4.78, 5) is 13.1. The summed E-state index contributed by atoms with van der Waals surface area (Å²) in [7, 11) is 0. The van der Waals surface area contributed by atoms with Crippen LogP contribution in [-0.4, -0.2) is 10.9 Å². The van der Waals surface area contributed by atoms with Crippen molar-refractivity contribution in [2.75, 3.05) is 0 Å². The molecule has 0 aliphatic heterocycles. The van der Waals surface area contributed by atoms with Crippen LogP contribution in [0.15, 0.2) is 42.2 Å². The van der Waals surface area contributed by atoms with Gasteiger partial charge in [-0.15, -0.1) is 0 Å². The van der Waals surface area contributed by atoms with Gasteiger partial charge in [-0.1, -0.05) is 49.7 Å². The average Bonchev–Trinajstić information content (AvgIpc) is 2.86. The molecule has 0 bridgehead atoms. The van der Waals surface area contributed by atoms with E-state index in [-0.39, 0.29) is 11.2 Å². The maximum atomic E-state index is 13.1.